The van der Waals surface area contributed by atoms with Gasteiger partial charge in [0.2, 0.25) is 0 Å². The number of benzene rings is 1. The van der Waals surface area contributed by atoms with Gasteiger partial charge in [0.25, 0.3) is 0 Å². The summed E-state index contributed by atoms with van der Waals surface area (Å²) in [6.45, 7) is 4.04. The molecule has 9 atom stereocenters. The first kappa shape index (κ1) is 16.4. The third-order valence-corrected chi connectivity index (χ3v) is 9.24. The van der Waals surface area contributed by atoms with Gasteiger partial charge >= 0.3 is 0 Å². The molecule has 6 aliphatic rings. The summed E-state index contributed by atoms with van der Waals surface area (Å²) in [7, 11) is 0. The smallest absolute Gasteiger partial charge is 0.175 e. The van der Waals surface area contributed by atoms with Crippen molar-refractivity contribution < 1.29 is 9.47 Å². The Kier molecular flexibility index (Phi) is 3.29. The van der Waals surface area contributed by atoms with Gasteiger partial charge in [-0.3, -0.25) is 0 Å². The Morgan fingerprint density at radius 1 is 0.929 bits per heavy atom. The molecule has 6 fully saturated rings. The maximum Gasteiger partial charge on any atom is 0.175 e. The molecule has 1 aromatic carbocycles. The standard InChI is InChI=1S/C24H28N2O2/c1-2-7-25-11-13-3-5-14(6-4-13)12-26-23-19-15-10-16-18-17(15)20(23)22(18)24(21(16)19)27-8-9-28-24/h1,3-6,15-23,25-26H,7-12H2. The van der Waals surface area contributed by atoms with E-state index in [2.05, 4.69) is 40.8 Å². The van der Waals surface area contributed by atoms with Crippen LogP contribution < -0.4 is 10.6 Å². The summed E-state index contributed by atoms with van der Waals surface area (Å²) in [6, 6.07) is 9.63. The Morgan fingerprint density at radius 2 is 1.68 bits per heavy atom. The maximum absolute atomic E-state index is 6.36. The Morgan fingerprint density at radius 3 is 2.43 bits per heavy atom. The lowest BCUT2D eigenvalue weighted by atomic mass is 9.57. The van der Waals surface area contributed by atoms with Gasteiger partial charge in [-0.2, -0.15) is 0 Å². The third kappa shape index (κ3) is 1.79. The van der Waals surface area contributed by atoms with E-state index in [9.17, 15) is 0 Å². The van der Waals surface area contributed by atoms with Crippen molar-refractivity contribution in [1.29, 1.82) is 0 Å². The minimum Gasteiger partial charge on any atom is -0.347 e. The lowest BCUT2D eigenvalue weighted by Crippen LogP contribution is -2.62. The number of fused-ring (bicyclic) bond motifs is 4. The Hall–Kier alpha value is -1.38. The maximum atomic E-state index is 6.36. The lowest BCUT2D eigenvalue weighted by Gasteiger charge is -2.54. The van der Waals surface area contributed by atoms with Crippen molar-refractivity contribution in [3.63, 3.8) is 0 Å². The van der Waals surface area contributed by atoms with Crippen LogP contribution in [0.25, 0.3) is 0 Å². The topological polar surface area (TPSA) is 42.5 Å². The second kappa shape index (κ2) is 5.61. The number of nitrogens with one attached hydrogen (secondary N) is 2. The zero-order chi connectivity index (χ0) is 18.5. The van der Waals surface area contributed by atoms with Gasteiger partial charge in [-0.05, 0) is 53.1 Å². The van der Waals surface area contributed by atoms with E-state index >= 15 is 0 Å². The fourth-order valence-electron chi connectivity index (χ4n) is 8.87. The molecule has 1 aliphatic heterocycles. The molecule has 5 saturated carbocycles. The summed E-state index contributed by atoms with van der Waals surface area (Å²) < 4.78 is 12.7. The lowest BCUT2D eigenvalue weighted by molar-refractivity contribution is -0.264. The molecule has 0 amide bonds. The van der Waals surface area contributed by atoms with Gasteiger partial charge in [0.1, 0.15) is 0 Å². The average Bonchev–Trinajstić information content (AvgIpc) is 3.39. The largest absolute Gasteiger partial charge is 0.347 e. The number of hydrogen-bond donors (Lipinski definition) is 2. The molecule has 2 bridgehead atoms. The van der Waals surface area contributed by atoms with Gasteiger partial charge in [0.15, 0.2) is 5.79 Å². The van der Waals surface area contributed by atoms with Crippen LogP contribution in [0.5, 0.6) is 0 Å². The van der Waals surface area contributed by atoms with Crippen molar-refractivity contribution in [2.75, 3.05) is 19.8 Å². The van der Waals surface area contributed by atoms with Crippen molar-refractivity contribution >= 4 is 0 Å². The summed E-state index contributed by atoms with van der Waals surface area (Å²) in [5.41, 5.74) is 2.67. The number of rotatable bonds is 6. The molecule has 28 heavy (non-hydrogen) atoms. The molecule has 9 unspecified atom stereocenters. The van der Waals surface area contributed by atoms with E-state index < -0.39 is 0 Å². The number of hydrogen-bond acceptors (Lipinski definition) is 4. The van der Waals surface area contributed by atoms with Gasteiger partial charge in [-0.15, -0.1) is 6.42 Å². The first-order valence-corrected chi connectivity index (χ1v) is 11.1. The van der Waals surface area contributed by atoms with E-state index in [1.54, 1.807) is 0 Å². The van der Waals surface area contributed by atoms with Crippen molar-refractivity contribution in [2.24, 2.45) is 47.3 Å². The SMILES string of the molecule is C#CCNCc1ccc(CNC2C3C4CC5C6C4C2C6C2(OCCO2)C53)cc1. The van der Waals surface area contributed by atoms with Crippen LogP contribution >= 0.6 is 0 Å². The molecule has 5 aliphatic carbocycles. The fraction of sp³-hybridized carbons (Fsp3) is 0.667. The van der Waals surface area contributed by atoms with Crippen molar-refractivity contribution in [2.45, 2.75) is 31.3 Å². The van der Waals surface area contributed by atoms with Crippen LogP contribution in [0, 0.1) is 59.7 Å². The molecular weight excluding hydrogens is 348 g/mol. The van der Waals surface area contributed by atoms with Crippen LogP contribution in [-0.4, -0.2) is 31.6 Å². The van der Waals surface area contributed by atoms with Crippen LogP contribution in [0.1, 0.15) is 17.5 Å². The van der Waals surface area contributed by atoms with Crippen LogP contribution in [0.4, 0.5) is 0 Å². The number of ether oxygens (including phenoxy) is 2. The minimum atomic E-state index is -0.183. The second-order valence-electron chi connectivity index (χ2n) is 9.87. The predicted octanol–water partition coefficient (Wildman–Crippen LogP) is 2.00. The van der Waals surface area contributed by atoms with Gasteiger partial charge in [0.05, 0.1) is 19.8 Å². The van der Waals surface area contributed by atoms with Crippen LogP contribution in [0.2, 0.25) is 0 Å². The normalized spacial score (nSPS) is 47.2. The van der Waals surface area contributed by atoms with E-state index in [0.29, 0.717) is 24.4 Å². The Labute approximate surface area is 166 Å². The molecule has 1 saturated heterocycles. The van der Waals surface area contributed by atoms with Crippen molar-refractivity contribution in [1.82, 2.24) is 10.6 Å². The van der Waals surface area contributed by atoms with Gasteiger partial charge in [-0.1, -0.05) is 30.2 Å². The molecule has 1 heterocycles. The first-order valence-electron chi connectivity index (χ1n) is 11.1. The van der Waals surface area contributed by atoms with E-state index in [0.717, 1.165) is 61.8 Å². The van der Waals surface area contributed by atoms with Crippen LogP contribution in [0.3, 0.4) is 0 Å². The summed E-state index contributed by atoms with van der Waals surface area (Å²) in [4.78, 5) is 0. The minimum absolute atomic E-state index is 0.183. The van der Waals surface area contributed by atoms with Gasteiger partial charge in [0, 0.05) is 31.0 Å². The summed E-state index contributed by atoms with van der Waals surface area (Å²) in [5.74, 6) is 9.03. The van der Waals surface area contributed by atoms with Crippen molar-refractivity contribution in [3.05, 3.63) is 35.4 Å². The van der Waals surface area contributed by atoms with Crippen LogP contribution in [-0.2, 0) is 22.6 Å². The summed E-state index contributed by atoms with van der Waals surface area (Å²) >= 11 is 0. The highest BCUT2D eigenvalue weighted by atomic mass is 16.7. The highest BCUT2D eigenvalue weighted by Gasteiger charge is 2.88. The summed E-state index contributed by atoms with van der Waals surface area (Å²) in [6.07, 6.45) is 6.74. The second-order valence-corrected chi connectivity index (χ2v) is 9.87. The van der Waals surface area contributed by atoms with Crippen LogP contribution in [0.15, 0.2) is 24.3 Å². The van der Waals surface area contributed by atoms with Gasteiger partial charge < -0.3 is 20.1 Å². The molecule has 146 valence electrons. The van der Waals surface area contributed by atoms with E-state index in [1.807, 2.05) is 0 Å². The highest BCUT2D eigenvalue weighted by Crippen LogP contribution is 2.86. The monoisotopic (exact) mass is 376 g/mol. The Balaban J connectivity index is 1.07. The molecule has 1 spiro atoms. The van der Waals surface area contributed by atoms with E-state index in [1.165, 1.54) is 17.5 Å². The average molecular weight is 377 g/mol. The molecule has 4 heteroatoms. The number of terminal acetylenes is 1. The van der Waals surface area contributed by atoms with E-state index in [4.69, 9.17) is 15.9 Å². The molecule has 7 rings (SSSR count). The third-order valence-electron chi connectivity index (χ3n) is 9.24. The zero-order valence-electron chi connectivity index (χ0n) is 16.1. The fourth-order valence-corrected chi connectivity index (χ4v) is 8.87. The molecular formula is C24H28N2O2. The molecule has 0 radical (unpaired) electrons. The van der Waals surface area contributed by atoms with E-state index in [-0.39, 0.29) is 5.79 Å². The molecule has 0 aromatic heterocycles. The van der Waals surface area contributed by atoms with Gasteiger partial charge in [-0.25, -0.2) is 0 Å². The summed E-state index contributed by atoms with van der Waals surface area (Å²) in [5, 5.41) is 7.25. The highest BCUT2D eigenvalue weighted by molar-refractivity contribution is 5.35. The predicted molar refractivity (Wildman–Crippen MR) is 105 cm³/mol. The molecule has 4 nitrogen and oxygen atoms in total. The Bertz CT molecular complexity index is 839. The first-order chi connectivity index (χ1) is 13.8. The molecule has 2 N–H and O–H groups in total. The zero-order valence-corrected chi connectivity index (χ0v) is 16.1. The van der Waals surface area contributed by atoms with Crippen molar-refractivity contribution in [3.8, 4) is 12.3 Å². The molecule has 1 aromatic rings. The quantitative estimate of drug-likeness (QED) is 0.589.